The molecule has 0 unspecified atom stereocenters. The summed E-state index contributed by atoms with van der Waals surface area (Å²) in [6.07, 6.45) is 9.28. The van der Waals surface area contributed by atoms with Crippen molar-refractivity contribution in [2.24, 2.45) is 0 Å². The molecule has 2 heterocycles. The zero-order valence-electron chi connectivity index (χ0n) is 10.6. The second-order valence-electron chi connectivity index (χ2n) is 3.99. The molecule has 0 saturated heterocycles. The molecule has 2 aromatic heterocycles. The summed E-state index contributed by atoms with van der Waals surface area (Å²) in [4.78, 5) is 23.5. The first kappa shape index (κ1) is 13.3. The number of nitrogens with zero attached hydrogens (tertiary/aromatic N) is 3. The largest absolute Gasteiger partial charge is 0.396 e. The number of thiophene rings is 1. The highest BCUT2D eigenvalue weighted by molar-refractivity contribution is 7.21. The van der Waals surface area contributed by atoms with Crippen LogP contribution < -0.4 is 5.73 Å². The topological polar surface area (TPSA) is 72.1 Å². The van der Waals surface area contributed by atoms with Crippen molar-refractivity contribution in [1.29, 1.82) is 0 Å². The number of carbonyl (C=O) groups excluding carboxylic acids is 1. The van der Waals surface area contributed by atoms with Gasteiger partial charge < -0.3 is 10.6 Å². The van der Waals surface area contributed by atoms with Crippen LogP contribution in [0, 0.1) is 12.3 Å². The Hall–Kier alpha value is -2.13. The molecule has 0 aliphatic rings. The lowest BCUT2D eigenvalue weighted by Crippen LogP contribution is -2.32. The number of nitrogen functional groups attached to an aromatic ring is 1. The van der Waals surface area contributed by atoms with E-state index in [1.54, 1.807) is 17.3 Å². The van der Waals surface area contributed by atoms with Crippen molar-refractivity contribution >= 4 is 33.3 Å². The van der Waals surface area contributed by atoms with Crippen LogP contribution in [-0.4, -0.2) is 33.9 Å². The van der Waals surface area contributed by atoms with Gasteiger partial charge in [0.05, 0.1) is 12.2 Å². The molecule has 0 atom stereocenters. The van der Waals surface area contributed by atoms with E-state index >= 15 is 0 Å². The van der Waals surface area contributed by atoms with E-state index in [9.17, 15) is 4.79 Å². The predicted molar refractivity (Wildman–Crippen MR) is 76.9 cm³/mol. The molecule has 19 heavy (non-hydrogen) atoms. The number of aromatic nitrogens is 2. The van der Waals surface area contributed by atoms with Crippen LogP contribution in [0.4, 0.5) is 5.69 Å². The summed E-state index contributed by atoms with van der Waals surface area (Å²) in [6.45, 7) is 2.88. The summed E-state index contributed by atoms with van der Waals surface area (Å²) in [5.41, 5.74) is 6.94. The van der Waals surface area contributed by atoms with Gasteiger partial charge in [-0.3, -0.25) is 4.79 Å². The van der Waals surface area contributed by atoms with Gasteiger partial charge >= 0.3 is 0 Å². The SMILES string of the molecule is C#CCN(CCC)C(=O)c1sc2nccnc2c1N. The maximum absolute atomic E-state index is 12.4. The molecule has 2 aromatic rings. The van der Waals surface area contributed by atoms with Crippen LogP contribution >= 0.6 is 11.3 Å². The van der Waals surface area contributed by atoms with Crippen LogP contribution in [-0.2, 0) is 0 Å². The summed E-state index contributed by atoms with van der Waals surface area (Å²) in [6, 6.07) is 0. The van der Waals surface area contributed by atoms with Crippen molar-refractivity contribution in [3.8, 4) is 12.3 Å². The molecule has 0 aliphatic carbocycles. The third kappa shape index (κ3) is 2.51. The quantitative estimate of drug-likeness (QED) is 0.862. The van der Waals surface area contributed by atoms with Crippen molar-refractivity contribution in [3.05, 3.63) is 17.3 Å². The Kier molecular flexibility index (Phi) is 3.97. The summed E-state index contributed by atoms with van der Waals surface area (Å²) in [7, 11) is 0. The van der Waals surface area contributed by atoms with Crippen LogP contribution in [0.1, 0.15) is 23.0 Å². The fourth-order valence-electron chi connectivity index (χ4n) is 1.78. The van der Waals surface area contributed by atoms with Gasteiger partial charge in [-0.05, 0) is 6.42 Å². The van der Waals surface area contributed by atoms with Gasteiger partial charge in [0, 0.05) is 18.9 Å². The predicted octanol–water partition coefficient (Wildman–Crippen LogP) is 1.76. The van der Waals surface area contributed by atoms with Crippen LogP contribution in [0.15, 0.2) is 12.4 Å². The second-order valence-corrected chi connectivity index (χ2v) is 4.98. The fourth-order valence-corrected chi connectivity index (χ4v) is 2.77. The highest BCUT2D eigenvalue weighted by Crippen LogP contribution is 2.31. The van der Waals surface area contributed by atoms with Gasteiger partial charge in [-0.1, -0.05) is 12.8 Å². The average molecular weight is 274 g/mol. The van der Waals surface area contributed by atoms with E-state index in [1.807, 2.05) is 6.92 Å². The van der Waals surface area contributed by atoms with Crippen molar-refractivity contribution < 1.29 is 4.79 Å². The van der Waals surface area contributed by atoms with Crippen LogP contribution in [0.25, 0.3) is 10.3 Å². The highest BCUT2D eigenvalue weighted by atomic mass is 32.1. The lowest BCUT2D eigenvalue weighted by molar-refractivity contribution is 0.0782. The van der Waals surface area contributed by atoms with Gasteiger partial charge in [0.2, 0.25) is 0 Å². The first-order valence-electron chi connectivity index (χ1n) is 5.90. The molecule has 6 heteroatoms. The maximum atomic E-state index is 12.4. The molecule has 2 rings (SSSR count). The van der Waals surface area contributed by atoms with Gasteiger partial charge in [-0.15, -0.1) is 17.8 Å². The zero-order valence-corrected chi connectivity index (χ0v) is 11.4. The van der Waals surface area contributed by atoms with Gasteiger partial charge in [-0.25, -0.2) is 9.97 Å². The second kappa shape index (κ2) is 5.67. The molecule has 5 nitrogen and oxygen atoms in total. The number of fused-ring (bicyclic) bond motifs is 1. The monoisotopic (exact) mass is 274 g/mol. The highest BCUT2D eigenvalue weighted by Gasteiger charge is 2.22. The molecular formula is C13H14N4OS. The third-order valence-corrected chi connectivity index (χ3v) is 3.71. The summed E-state index contributed by atoms with van der Waals surface area (Å²) < 4.78 is 0. The van der Waals surface area contributed by atoms with Crippen molar-refractivity contribution in [2.45, 2.75) is 13.3 Å². The molecule has 0 fully saturated rings. The van der Waals surface area contributed by atoms with Crippen LogP contribution in [0.3, 0.4) is 0 Å². The first-order valence-corrected chi connectivity index (χ1v) is 6.72. The number of nitrogens with two attached hydrogens (primary N) is 1. The van der Waals surface area contributed by atoms with E-state index in [2.05, 4.69) is 15.9 Å². The van der Waals surface area contributed by atoms with E-state index in [-0.39, 0.29) is 12.5 Å². The molecule has 0 aliphatic heterocycles. The van der Waals surface area contributed by atoms with Crippen LogP contribution in [0.2, 0.25) is 0 Å². The fraction of sp³-hybridized carbons (Fsp3) is 0.308. The Morgan fingerprint density at radius 2 is 2.26 bits per heavy atom. The smallest absolute Gasteiger partial charge is 0.266 e. The number of amides is 1. The minimum Gasteiger partial charge on any atom is -0.396 e. The Bertz CT molecular complexity index is 644. The summed E-state index contributed by atoms with van der Waals surface area (Å²) in [5, 5.41) is 0. The van der Waals surface area contributed by atoms with Gasteiger partial charge in [0.25, 0.3) is 5.91 Å². The molecule has 0 saturated carbocycles. The Balaban J connectivity index is 2.40. The lowest BCUT2D eigenvalue weighted by Gasteiger charge is -2.18. The lowest BCUT2D eigenvalue weighted by atomic mass is 10.3. The maximum Gasteiger partial charge on any atom is 0.266 e. The number of anilines is 1. The summed E-state index contributed by atoms with van der Waals surface area (Å²) >= 11 is 1.25. The normalized spacial score (nSPS) is 10.3. The zero-order chi connectivity index (χ0) is 13.8. The number of hydrogen-bond acceptors (Lipinski definition) is 5. The van der Waals surface area contributed by atoms with Crippen molar-refractivity contribution in [3.63, 3.8) is 0 Å². The van der Waals surface area contributed by atoms with E-state index in [0.29, 0.717) is 27.5 Å². The average Bonchev–Trinajstić information content (AvgIpc) is 2.76. The molecule has 2 N–H and O–H groups in total. The number of hydrogen-bond donors (Lipinski definition) is 1. The van der Waals surface area contributed by atoms with E-state index < -0.39 is 0 Å². The van der Waals surface area contributed by atoms with Crippen LogP contribution in [0.5, 0.6) is 0 Å². The van der Waals surface area contributed by atoms with Gasteiger partial charge in [0.1, 0.15) is 15.2 Å². The summed E-state index contributed by atoms with van der Waals surface area (Å²) in [5.74, 6) is 2.34. The molecule has 0 aromatic carbocycles. The van der Waals surface area contributed by atoms with Crippen molar-refractivity contribution in [2.75, 3.05) is 18.8 Å². The Morgan fingerprint density at radius 1 is 1.53 bits per heavy atom. The van der Waals surface area contributed by atoms with Gasteiger partial charge in [0.15, 0.2) is 0 Å². The Labute approximate surface area is 115 Å². The van der Waals surface area contributed by atoms with E-state index in [1.165, 1.54) is 11.3 Å². The molecule has 0 spiro atoms. The number of terminal acetylenes is 1. The minimum absolute atomic E-state index is 0.151. The minimum atomic E-state index is -0.151. The van der Waals surface area contributed by atoms with E-state index in [4.69, 9.17) is 12.2 Å². The standard InChI is InChI=1S/C13H14N4OS/c1-3-7-17(8-4-2)13(18)11-9(14)10-12(19-11)16-6-5-15-10/h1,5-6H,4,7-8,14H2,2H3. The molecule has 1 amide bonds. The molecular weight excluding hydrogens is 260 g/mol. The van der Waals surface area contributed by atoms with E-state index in [0.717, 1.165) is 6.42 Å². The number of rotatable bonds is 4. The van der Waals surface area contributed by atoms with Crippen molar-refractivity contribution in [1.82, 2.24) is 14.9 Å². The third-order valence-electron chi connectivity index (χ3n) is 2.62. The van der Waals surface area contributed by atoms with Gasteiger partial charge in [-0.2, -0.15) is 0 Å². The number of carbonyl (C=O) groups is 1. The first-order chi connectivity index (χ1) is 9.19. The molecule has 98 valence electrons. The molecule has 0 radical (unpaired) electrons. The molecule has 0 bridgehead atoms. The Morgan fingerprint density at radius 3 is 2.89 bits per heavy atom.